The van der Waals surface area contributed by atoms with Gasteiger partial charge in [0.2, 0.25) is 5.91 Å². The number of amides is 1. The first-order chi connectivity index (χ1) is 7.66. The highest BCUT2D eigenvalue weighted by Gasteiger charge is 1.99. The number of hydrogen-bond acceptors (Lipinski definition) is 3. The molecule has 0 aliphatic rings. The Morgan fingerprint density at radius 3 is 2.62 bits per heavy atom. The molecule has 0 fully saturated rings. The van der Waals surface area contributed by atoms with Crippen molar-refractivity contribution in [3.8, 4) is 0 Å². The lowest BCUT2D eigenvalue weighted by Crippen LogP contribution is -2.26. The highest BCUT2D eigenvalue weighted by Crippen LogP contribution is 1.93. The van der Waals surface area contributed by atoms with E-state index in [2.05, 4.69) is 24.5 Å². The van der Waals surface area contributed by atoms with Gasteiger partial charge in [-0.05, 0) is 32.4 Å². The van der Waals surface area contributed by atoms with E-state index in [4.69, 9.17) is 4.74 Å². The van der Waals surface area contributed by atoms with Crippen LogP contribution in [0.5, 0.6) is 0 Å². The van der Waals surface area contributed by atoms with Crippen molar-refractivity contribution < 1.29 is 9.53 Å². The van der Waals surface area contributed by atoms with Gasteiger partial charge in [-0.15, -0.1) is 0 Å². The highest BCUT2D eigenvalue weighted by atomic mass is 16.5. The minimum absolute atomic E-state index is 0.138. The van der Waals surface area contributed by atoms with Crippen LogP contribution in [0.2, 0.25) is 0 Å². The molecule has 1 amide bonds. The molecule has 0 heterocycles. The van der Waals surface area contributed by atoms with Crippen LogP contribution in [-0.4, -0.2) is 39.3 Å². The molecule has 0 radical (unpaired) electrons. The van der Waals surface area contributed by atoms with Crippen LogP contribution < -0.4 is 10.6 Å². The Hall–Kier alpha value is -0.610. The van der Waals surface area contributed by atoms with E-state index in [0.717, 1.165) is 39.1 Å². The molecule has 4 heteroatoms. The topological polar surface area (TPSA) is 50.4 Å². The van der Waals surface area contributed by atoms with Crippen molar-refractivity contribution in [3.05, 3.63) is 0 Å². The van der Waals surface area contributed by atoms with Crippen molar-refractivity contribution in [2.24, 2.45) is 5.92 Å². The van der Waals surface area contributed by atoms with E-state index in [1.54, 1.807) is 0 Å². The fraction of sp³-hybridized carbons (Fsp3) is 0.917. The maximum Gasteiger partial charge on any atom is 0.220 e. The molecule has 0 saturated heterocycles. The molecule has 0 aliphatic heterocycles. The van der Waals surface area contributed by atoms with Crippen LogP contribution >= 0.6 is 0 Å². The molecule has 0 aromatic carbocycles. The second-order valence-electron chi connectivity index (χ2n) is 4.38. The minimum Gasteiger partial charge on any atom is -0.381 e. The number of carbonyl (C=O) groups is 1. The van der Waals surface area contributed by atoms with Gasteiger partial charge in [0.25, 0.3) is 0 Å². The molecule has 0 saturated carbocycles. The van der Waals surface area contributed by atoms with E-state index in [-0.39, 0.29) is 5.91 Å². The predicted molar refractivity (Wildman–Crippen MR) is 66.4 cm³/mol. The first kappa shape index (κ1) is 15.4. The standard InChI is InChI=1S/C12H26N2O2/c1-11(2)10-16-9-5-8-14-12(15)6-4-7-13-3/h11,13H,4-10H2,1-3H3,(H,14,15). The average Bonchev–Trinajstić information content (AvgIpc) is 2.23. The fourth-order valence-electron chi connectivity index (χ4n) is 1.24. The molecule has 0 bridgehead atoms. The van der Waals surface area contributed by atoms with Gasteiger partial charge in [0.05, 0.1) is 0 Å². The first-order valence-corrected chi connectivity index (χ1v) is 6.16. The Bertz CT molecular complexity index is 172. The number of hydrogen-bond donors (Lipinski definition) is 2. The highest BCUT2D eigenvalue weighted by molar-refractivity contribution is 5.75. The molecule has 4 nitrogen and oxygen atoms in total. The van der Waals surface area contributed by atoms with Crippen LogP contribution in [0.4, 0.5) is 0 Å². The van der Waals surface area contributed by atoms with Gasteiger partial charge in [0, 0.05) is 26.2 Å². The van der Waals surface area contributed by atoms with Gasteiger partial charge in [-0.1, -0.05) is 13.8 Å². The number of ether oxygens (including phenoxy) is 1. The minimum atomic E-state index is 0.138. The number of rotatable bonds is 10. The largest absolute Gasteiger partial charge is 0.381 e. The molecule has 0 aliphatic carbocycles. The van der Waals surface area contributed by atoms with Crippen molar-refractivity contribution in [2.45, 2.75) is 33.1 Å². The monoisotopic (exact) mass is 230 g/mol. The molecule has 96 valence electrons. The lowest BCUT2D eigenvalue weighted by molar-refractivity contribution is -0.121. The van der Waals surface area contributed by atoms with Crippen molar-refractivity contribution in [1.29, 1.82) is 0 Å². The van der Waals surface area contributed by atoms with Gasteiger partial charge < -0.3 is 15.4 Å². The van der Waals surface area contributed by atoms with Crippen molar-refractivity contribution in [3.63, 3.8) is 0 Å². The van der Waals surface area contributed by atoms with E-state index in [9.17, 15) is 4.79 Å². The summed E-state index contributed by atoms with van der Waals surface area (Å²) in [5, 5.41) is 5.90. The summed E-state index contributed by atoms with van der Waals surface area (Å²) < 4.78 is 5.41. The molecule has 0 aromatic heterocycles. The Morgan fingerprint density at radius 1 is 1.25 bits per heavy atom. The van der Waals surface area contributed by atoms with Crippen LogP contribution in [-0.2, 0) is 9.53 Å². The molecule has 0 unspecified atom stereocenters. The predicted octanol–water partition coefficient (Wildman–Crippen LogP) is 1.16. The number of carbonyl (C=O) groups excluding carboxylic acids is 1. The van der Waals surface area contributed by atoms with Crippen molar-refractivity contribution in [1.82, 2.24) is 10.6 Å². The van der Waals surface area contributed by atoms with Gasteiger partial charge in [0.15, 0.2) is 0 Å². The first-order valence-electron chi connectivity index (χ1n) is 6.16. The van der Waals surface area contributed by atoms with Gasteiger partial charge in [0.1, 0.15) is 0 Å². The second kappa shape index (κ2) is 10.9. The molecular weight excluding hydrogens is 204 g/mol. The summed E-state index contributed by atoms with van der Waals surface area (Å²) >= 11 is 0. The quantitative estimate of drug-likeness (QED) is 0.554. The van der Waals surface area contributed by atoms with Gasteiger partial charge >= 0.3 is 0 Å². The van der Waals surface area contributed by atoms with Crippen LogP contribution in [0.3, 0.4) is 0 Å². The summed E-state index contributed by atoms with van der Waals surface area (Å²) in [7, 11) is 1.89. The summed E-state index contributed by atoms with van der Waals surface area (Å²) in [5.74, 6) is 0.718. The zero-order chi connectivity index (χ0) is 12.2. The third-order valence-electron chi connectivity index (χ3n) is 2.07. The van der Waals surface area contributed by atoms with E-state index < -0.39 is 0 Å². The molecule has 0 aromatic rings. The Kier molecular flexibility index (Phi) is 10.5. The van der Waals surface area contributed by atoms with E-state index in [0.29, 0.717) is 12.3 Å². The summed E-state index contributed by atoms with van der Waals surface area (Å²) in [5.41, 5.74) is 0. The summed E-state index contributed by atoms with van der Waals surface area (Å²) in [6.07, 6.45) is 2.39. The average molecular weight is 230 g/mol. The third kappa shape index (κ3) is 11.5. The maximum absolute atomic E-state index is 11.3. The molecule has 0 spiro atoms. The van der Waals surface area contributed by atoms with Crippen molar-refractivity contribution >= 4 is 5.91 Å². The van der Waals surface area contributed by atoms with Crippen LogP contribution in [0.15, 0.2) is 0 Å². The molecular formula is C12H26N2O2. The Balaban J connectivity index is 3.15. The normalized spacial score (nSPS) is 10.8. The SMILES string of the molecule is CNCCCC(=O)NCCCOCC(C)C. The third-order valence-corrected chi connectivity index (χ3v) is 2.07. The zero-order valence-electron chi connectivity index (χ0n) is 10.8. The lowest BCUT2D eigenvalue weighted by Gasteiger charge is -2.07. The fourth-order valence-corrected chi connectivity index (χ4v) is 1.24. The van der Waals surface area contributed by atoms with Crippen LogP contribution in [0.25, 0.3) is 0 Å². The van der Waals surface area contributed by atoms with Gasteiger partial charge in [-0.3, -0.25) is 4.79 Å². The molecule has 0 atom stereocenters. The van der Waals surface area contributed by atoms with Gasteiger partial charge in [-0.2, -0.15) is 0 Å². The second-order valence-corrected chi connectivity index (χ2v) is 4.38. The smallest absolute Gasteiger partial charge is 0.220 e. The Morgan fingerprint density at radius 2 is 2.00 bits per heavy atom. The van der Waals surface area contributed by atoms with E-state index >= 15 is 0 Å². The zero-order valence-corrected chi connectivity index (χ0v) is 10.8. The summed E-state index contributed by atoms with van der Waals surface area (Å²) in [6, 6.07) is 0. The number of nitrogens with one attached hydrogen (secondary N) is 2. The molecule has 16 heavy (non-hydrogen) atoms. The lowest BCUT2D eigenvalue weighted by atomic mass is 10.2. The van der Waals surface area contributed by atoms with E-state index in [1.165, 1.54) is 0 Å². The van der Waals surface area contributed by atoms with E-state index in [1.807, 2.05) is 7.05 Å². The molecule has 2 N–H and O–H groups in total. The summed E-state index contributed by atoms with van der Waals surface area (Å²) in [6.45, 7) is 7.40. The van der Waals surface area contributed by atoms with Gasteiger partial charge in [-0.25, -0.2) is 0 Å². The molecule has 0 rings (SSSR count). The maximum atomic E-state index is 11.3. The van der Waals surface area contributed by atoms with Crippen molar-refractivity contribution in [2.75, 3.05) is 33.4 Å². The summed E-state index contributed by atoms with van der Waals surface area (Å²) in [4.78, 5) is 11.3. The van der Waals surface area contributed by atoms with Crippen LogP contribution in [0.1, 0.15) is 33.1 Å². The Labute approximate surface area is 99.1 Å². The van der Waals surface area contributed by atoms with Crippen LogP contribution in [0, 0.1) is 5.92 Å².